The number of phenolic OH excluding ortho intramolecular Hbond substituents is 2. The zero-order chi connectivity index (χ0) is 19.0. The minimum absolute atomic E-state index is 0.00151. The number of hydrogen-bond donors (Lipinski definition) is 2. The Bertz CT molecular complexity index is 1050. The van der Waals surface area contributed by atoms with E-state index in [0.717, 1.165) is 0 Å². The van der Waals surface area contributed by atoms with Crippen molar-refractivity contribution in [2.45, 2.75) is 6.92 Å². The van der Waals surface area contributed by atoms with Crippen molar-refractivity contribution in [3.63, 3.8) is 0 Å². The normalized spacial score (nSPS) is 10.8. The molecule has 26 heavy (non-hydrogen) atoms. The van der Waals surface area contributed by atoms with E-state index in [0.29, 0.717) is 11.3 Å². The second-order valence-electron chi connectivity index (χ2n) is 5.61. The van der Waals surface area contributed by atoms with Gasteiger partial charge in [-0.3, -0.25) is 4.79 Å². The molecule has 1 aromatic heterocycles. The number of ether oxygens (including phenoxy) is 3. The van der Waals surface area contributed by atoms with Crippen LogP contribution in [0.4, 0.5) is 0 Å². The van der Waals surface area contributed by atoms with Gasteiger partial charge >= 0.3 is 0 Å². The van der Waals surface area contributed by atoms with Gasteiger partial charge < -0.3 is 28.8 Å². The fourth-order valence-corrected chi connectivity index (χ4v) is 2.84. The summed E-state index contributed by atoms with van der Waals surface area (Å²) in [6.07, 6.45) is 0. The van der Waals surface area contributed by atoms with Gasteiger partial charge in [0.2, 0.25) is 5.75 Å². The summed E-state index contributed by atoms with van der Waals surface area (Å²) in [7, 11) is 4.22. The zero-order valence-corrected chi connectivity index (χ0v) is 14.7. The summed E-state index contributed by atoms with van der Waals surface area (Å²) in [5, 5.41) is 20.4. The Morgan fingerprint density at radius 1 is 0.962 bits per heavy atom. The Balaban J connectivity index is 2.34. The Morgan fingerprint density at radius 3 is 2.23 bits per heavy atom. The van der Waals surface area contributed by atoms with Crippen molar-refractivity contribution in [1.29, 1.82) is 0 Å². The van der Waals surface area contributed by atoms with Crippen LogP contribution in [-0.4, -0.2) is 31.5 Å². The Kier molecular flexibility index (Phi) is 4.38. The van der Waals surface area contributed by atoms with Gasteiger partial charge in [0.05, 0.1) is 21.3 Å². The van der Waals surface area contributed by atoms with Crippen LogP contribution in [0, 0.1) is 6.92 Å². The van der Waals surface area contributed by atoms with Gasteiger partial charge in [0.1, 0.15) is 16.7 Å². The second-order valence-corrected chi connectivity index (χ2v) is 5.61. The smallest absolute Gasteiger partial charge is 0.204 e. The van der Waals surface area contributed by atoms with E-state index < -0.39 is 5.43 Å². The van der Waals surface area contributed by atoms with Crippen LogP contribution in [0.2, 0.25) is 0 Å². The fraction of sp³-hybridized carbons (Fsp3) is 0.211. The topological polar surface area (TPSA) is 98.4 Å². The third kappa shape index (κ3) is 2.57. The number of benzene rings is 2. The standard InChI is InChI=1S/C19H18O7/c1-9-16(21)15-13(8-14(24-3)19(25-4)17(15)22)26-18(9)10-5-6-12(23-2)11(20)7-10/h5-8,20,22H,1-4H3. The van der Waals surface area contributed by atoms with Gasteiger partial charge in [-0.2, -0.15) is 0 Å². The van der Waals surface area contributed by atoms with Crippen LogP contribution in [0.3, 0.4) is 0 Å². The summed E-state index contributed by atoms with van der Waals surface area (Å²) in [5.41, 5.74) is 0.509. The molecule has 0 atom stereocenters. The van der Waals surface area contributed by atoms with E-state index in [1.807, 2.05) is 0 Å². The van der Waals surface area contributed by atoms with Crippen molar-refractivity contribution in [2.24, 2.45) is 0 Å². The first kappa shape index (κ1) is 17.5. The molecule has 0 amide bonds. The Labute approximate surface area is 149 Å². The largest absolute Gasteiger partial charge is 0.504 e. The van der Waals surface area contributed by atoms with Gasteiger partial charge in [0.25, 0.3) is 0 Å². The molecule has 2 N–H and O–H groups in total. The predicted octanol–water partition coefficient (Wildman–Crippen LogP) is 3.21. The highest BCUT2D eigenvalue weighted by Crippen LogP contribution is 2.43. The summed E-state index contributed by atoms with van der Waals surface area (Å²) < 4.78 is 21.2. The molecule has 0 aliphatic rings. The van der Waals surface area contributed by atoms with Crippen molar-refractivity contribution in [3.05, 3.63) is 40.1 Å². The number of methoxy groups -OCH3 is 3. The first-order chi connectivity index (χ1) is 12.4. The van der Waals surface area contributed by atoms with Crippen LogP contribution in [0.5, 0.6) is 28.7 Å². The van der Waals surface area contributed by atoms with Gasteiger partial charge in [0.15, 0.2) is 28.4 Å². The monoisotopic (exact) mass is 358 g/mol. The maximum atomic E-state index is 12.8. The molecule has 0 fully saturated rings. The number of phenols is 2. The lowest BCUT2D eigenvalue weighted by Crippen LogP contribution is -2.08. The number of hydrogen-bond acceptors (Lipinski definition) is 7. The third-order valence-electron chi connectivity index (χ3n) is 4.17. The molecule has 0 spiro atoms. The molecule has 136 valence electrons. The maximum absolute atomic E-state index is 12.8. The number of rotatable bonds is 4. The lowest BCUT2D eigenvalue weighted by molar-refractivity contribution is 0.334. The molecule has 0 saturated carbocycles. The summed E-state index contributed by atoms with van der Waals surface area (Å²) in [4.78, 5) is 12.8. The minimum atomic E-state index is -0.407. The lowest BCUT2D eigenvalue weighted by atomic mass is 10.0. The average Bonchev–Trinajstić information content (AvgIpc) is 2.63. The van der Waals surface area contributed by atoms with Gasteiger partial charge in [-0.15, -0.1) is 0 Å². The average molecular weight is 358 g/mol. The Morgan fingerprint density at radius 2 is 1.65 bits per heavy atom. The van der Waals surface area contributed by atoms with Crippen LogP contribution in [0.1, 0.15) is 5.56 Å². The maximum Gasteiger partial charge on any atom is 0.204 e. The van der Waals surface area contributed by atoms with E-state index in [-0.39, 0.29) is 45.3 Å². The second kappa shape index (κ2) is 6.51. The van der Waals surface area contributed by atoms with Crippen molar-refractivity contribution >= 4 is 11.0 Å². The Hall–Kier alpha value is -3.35. The molecule has 1 heterocycles. The van der Waals surface area contributed by atoms with E-state index in [1.165, 1.54) is 33.5 Å². The van der Waals surface area contributed by atoms with E-state index in [2.05, 4.69) is 0 Å². The quantitative estimate of drug-likeness (QED) is 0.739. The van der Waals surface area contributed by atoms with Gasteiger partial charge in [-0.1, -0.05) is 0 Å². The van der Waals surface area contributed by atoms with Crippen LogP contribution < -0.4 is 19.6 Å². The molecule has 0 aliphatic carbocycles. The van der Waals surface area contributed by atoms with Crippen LogP contribution >= 0.6 is 0 Å². The van der Waals surface area contributed by atoms with Crippen molar-refractivity contribution in [2.75, 3.05) is 21.3 Å². The molecule has 3 rings (SSSR count). The van der Waals surface area contributed by atoms with E-state index in [1.54, 1.807) is 19.1 Å². The molecule has 0 radical (unpaired) electrons. The van der Waals surface area contributed by atoms with Gasteiger partial charge in [-0.05, 0) is 25.1 Å². The molecular weight excluding hydrogens is 340 g/mol. The molecule has 3 aromatic rings. The molecule has 7 nitrogen and oxygen atoms in total. The minimum Gasteiger partial charge on any atom is -0.504 e. The molecule has 7 heteroatoms. The van der Waals surface area contributed by atoms with Crippen molar-refractivity contribution < 1.29 is 28.8 Å². The van der Waals surface area contributed by atoms with Crippen LogP contribution in [0.15, 0.2) is 33.5 Å². The predicted molar refractivity (Wildman–Crippen MR) is 95.6 cm³/mol. The van der Waals surface area contributed by atoms with Gasteiger partial charge in [-0.25, -0.2) is 0 Å². The van der Waals surface area contributed by atoms with Gasteiger partial charge in [0, 0.05) is 17.2 Å². The third-order valence-corrected chi connectivity index (χ3v) is 4.17. The molecule has 2 aromatic carbocycles. The van der Waals surface area contributed by atoms with E-state index in [9.17, 15) is 15.0 Å². The first-order valence-electron chi connectivity index (χ1n) is 7.71. The van der Waals surface area contributed by atoms with E-state index in [4.69, 9.17) is 18.6 Å². The summed E-state index contributed by atoms with van der Waals surface area (Å²) in [5.74, 6) is 0.436. The van der Waals surface area contributed by atoms with Crippen LogP contribution in [0.25, 0.3) is 22.3 Å². The molecule has 0 unspecified atom stereocenters. The molecule has 0 bridgehead atoms. The summed E-state index contributed by atoms with van der Waals surface area (Å²) in [6.45, 7) is 1.58. The molecule has 0 aliphatic heterocycles. The first-order valence-corrected chi connectivity index (χ1v) is 7.71. The molecule has 0 saturated heterocycles. The highest BCUT2D eigenvalue weighted by atomic mass is 16.5. The summed E-state index contributed by atoms with van der Waals surface area (Å²) in [6, 6.07) is 6.15. The highest BCUT2D eigenvalue weighted by molar-refractivity contribution is 5.90. The fourth-order valence-electron chi connectivity index (χ4n) is 2.84. The zero-order valence-electron chi connectivity index (χ0n) is 14.7. The van der Waals surface area contributed by atoms with Crippen LogP contribution in [-0.2, 0) is 0 Å². The summed E-state index contributed by atoms with van der Waals surface area (Å²) >= 11 is 0. The molecular formula is C19H18O7. The lowest BCUT2D eigenvalue weighted by Gasteiger charge is -2.13. The van der Waals surface area contributed by atoms with Crippen molar-refractivity contribution in [3.8, 4) is 40.1 Å². The van der Waals surface area contributed by atoms with E-state index >= 15 is 0 Å². The number of fused-ring (bicyclic) bond motifs is 1. The SMILES string of the molecule is COc1ccc(-c2oc3cc(OC)c(OC)c(O)c3c(=O)c2C)cc1O. The number of aromatic hydroxyl groups is 2. The van der Waals surface area contributed by atoms with Crippen molar-refractivity contribution in [1.82, 2.24) is 0 Å². The highest BCUT2D eigenvalue weighted by Gasteiger charge is 2.22.